The van der Waals surface area contributed by atoms with Crippen molar-refractivity contribution >= 4 is 21.6 Å². The van der Waals surface area contributed by atoms with E-state index in [0.717, 1.165) is 30.5 Å². The van der Waals surface area contributed by atoms with Gasteiger partial charge in [0.25, 0.3) is 0 Å². The molecule has 2 rings (SSSR count). The van der Waals surface area contributed by atoms with Gasteiger partial charge in [0.2, 0.25) is 0 Å². The molecular formula is C17H27BrN2O. The molecule has 0 aliphatic carbocycles. The van der Waals surface area contributed by atoms with Crippen LogP contribution in [0.4, 0.5) is 5.69 Å². The Labute approximate surface area is 137 Å². The Morgan fingerprint density at radius 2 is 2.24 bits per heavy atom. The lowest BCUT2D eigenvalue weighted by atomic mass is 10.0. The summed E-state index contributed by atoms with van der Waals surface area (Å²) in [6, 6.07) is 6.71. The maximum absolute atomic E-state index is 6.14. The van der Waals surface area contributed by atoms with Crippen molar-refractivity contribution in [3.05, 3.63) is 28.2 Å². The van der Waals surface area contributed by atoms with Crippen LogP contribution in [0.15, 0.2) is 22.7 Å². The second-order valence-electron chi connectivity index (χ2n) is 6.01. The fourth-order valence-electron chi connectivity index (χ4n) is 2.85. The van der Waals surface area contributed by atoms with Gasteiger partial charge in [-0.3, -0.25) is 0 Å². The second kappa shape index (κ2) is 8.16. The number of likely N-dealkylation sites (N-methyl/N-ethyl adjacent to an activating group) is 1. The number of rotatable bonds is 6. The van der Waals surface area contributed by atoms with E-state index in [1.54, 1.807) is 0 Å². The van der Waals surface area contributed by atoms with Gasteiger partial charge >= 0.3 is 0 Å². The number of hydrogen-bond acceptors (Lipinski definition) is 3. The van der Waals surface area contributed by atoms with Gasteiger partial charge < -0.3 is 15.4 Å². The van der Waals surface area contributed by atoms with Crippen LogP contribution in [0.3, 0.4) is 0 Å². The highest BCUT2D eigenvalue weighted by atomic mass is 79.9. The van der Waals surface area contributed by atoms with E-state index in [2.05, 4.69) is 53.0 Å². The zero-order chi connectivity index (χ0) is 15.2. The lowest BCUT2D eigenvalue weighted by molar-refractivity contribution is 0.0216. The molecule has 1 aliphatic rings. The summed E-state index contributed by atoms with van der Waals surface area (Å²) in [5.74, 6) is 0. The summed E-state index contributed by atoms with van der Waals surface area (Å²) in [7, 11) is 2.15. The Morgan fingerprint density at radius 3 is 2.90 bits per heavy atom. The molecule has 0 aromatic heterocycles. The number of hydrogen-bond donors (Lipinski definition) is 1. The first-order valence-electron chi connectivity index (χ1n) is 7.97. The average molecular weight is 355 g/mol. The van der Waals surface area contributed by atoms with Crippen molar-refractivity contribution in [1.82, 2.24) is 0 Å². The minimum Gasteiger partial charge on any atom is -0.376 e. The molecule has 118 valence electrons. The summed E-state index contributed by atoms with van der Waals surface area (Å²) in [6.45, 7) is 4.00. The van der Waals surface area contributed by atoms with Crippen LogP contribution in [-0.4, -0.2) is 32.3 Å². The molecule has 21 heavy (non-hydrogen) atoms. The highest BCUT2D eigenvalue weighted by Crippen LogP contribution is 2.27. The monoisotopic (exact) mass is 354 g/mol. The molecule has 1 heterocycles. The van der Waals surface area contributed by atoms with Gasteiger partial charge in [0, 0.05) is 36.4 Å². The van der Waals surface area contributed by atoms with E-state index in [-0.39, 0.29) is 6.04 Å². The molecule has 4 heteroatoms. The highest BCUT2D eigenvalue weighted by Gasteiger charge is 2.18. The molecule has 3 nitrogen and oxygen atoms in total. The van der Waals surface area contributed by atoms with Gasteiger partial charge in [-0.05, 0) is 49.8 Å². The fourth-order valence-corrected chi connectivity index (χ4v) is 3.20. The third kappa shape index (κ3) is 4.97. The topological polar surface area (TPSA) is 38.5 Å². The molecule has 0 radical (unpaired) electrons. The fraction of sp³-hybridized carbons (Fsp3) is 0.647. The molecule has 1 aromatic rings. The number of halogens is 1. The van der Waals surface area contributed by atoms with E-state index in [9.17, 15) is 0 Å². The molecule has 1 aromatic carbocycles. The SMILES string of the molecule is CCC(N)Cc1ccc(Br)cc1N(C)CC1CCCCO1. The van der Waals surface area contributed by atoms with Crippen LogP contribution in [0.1, 0.15) is 38.2 Å². The van der Waals surface area contributed by atoms with Crippen LogP contribution in [0.25, 0.3) is 0 Å². The normalized spacial score (nSPS) is 20.3. The third-order valence-electron chi connectivity index (χ3n) is 4.22. The molecule has 1 fully saturated rings. The first-order chi connectivity index (χ1) is 10.1. The van der Waals surface area contributed by atoms with E-state index < -0.39 is 0 Å². The summed E-state index contributed by atoms with van der Waals surface area (Å²) in [6.07, 6.45) is 5.94. The molecule has 0 amide bonds. The van der Waals surface area contributed by atoms with Gasteiger partial charge in [-0.25, -0.2) is 0 Å². The second-order valence-corrected chi connectivity index (χ2v) is 6.93. The van der Waals surface area contributed by atoms with E-state index in [1.807, 2.05) is 0 Å². The lowest BCUT2D eigenvalue weighted by Gasteiger charge is -2.30. The molecule has 1 aliphatic heterocycles. The highest BCUT2D eigenvalue weighted by molar-refractivity contribution is 9.10. The van der Waals surface area contributed by atoms with E-state index >= 15 is 0 Å². The summed E-state index contributed by atoms with van der Waals surface area (Å²) in [5, 5.41) is 0. The van der Waals surface area contributed by atoms with E-state index in [0.29, 0.717) is 6.10 Å². The van der Waals surface area contributed by atoms with Crippen molar-refractivity contribution in [2.75, 3.05) is 25.1 Å². The predicted octanol–water partition coefficient (Wildman–Crippen LogP) is 3.73. The molecular weight excluding hydrogens is 328 g/mol. The Hall–Kier alpha value is -0.580. The maximum atomic E-state index is 6.14. The van der Waals surface area contributed by atoms with Gasteiger partial charge in [-0.1, -0.05) is 28.9 Å². The average Bonchev–Trinajstić information content (AvgIpc) is 2.49. The number of nitrogens with two attached hydrogens (primary N) is 1. The number of nitrogens with zero attached hydrogens (tertiary/aromatic N) is 1. The predicted molar refractivity (Wildman–Crippen MR) is 93.0 cm³/mol. The van der Waals surface area contributed by atoms with Crippen molar-refractivity contribution in [3.8, 4) is 0 Å². The van der Waals surface area contributed by atoms with E-state index in [1.165, 1.54) is 30.5 Å². The van der Waals surface area contributed by atoms with Gasteiger partial charge in [0.1, 0.15) is 0 Å². The molecule has 0 bridgehead atoms. The Bertz CT molecular complexity index is 446. The quantitative estimate of drug-likeness (QED) is 0.845. The molecule has 0 saturated carbocycles. The minimum absolute atomic E-state index is 0.226. The summed E-state index contributed by atoms with van der Waals surface area (Å²) >= 11 is 3.58. The van der Waals surface area contributed by atoms with Crippen molar-refractivity contribution in [2.45, 2.75) is 51.2 Å². The van der Waals surface area contributed by atoms with Crippen molar-refractivity contribution in [2.24, 2.45) is 5.73 Å². The standard InChI is InChI=1S/C17H27BrN2O/c1-3-15(19)10-13-7-8-14(18)11-17(13)20(2)12-16-6-4-5-9-21-16/h7-8,11,15-16H,3-6,9-10,12,19H2,1-2H3. The maximum Gasteiger partial charge on any atom is 0.0749 e. The minimum atomic E-state index is 0.226. The van der Waals surface area contributed by atoms with Gasteiger partial charge in [0.05, 0.1) is 6.10 Å². The van der Waals surface area contributed by atoms with Crippen LogP contribution in [0, 0.1) is 0 Å². The third-order valence-corrected chi connectivity index (χ3v) is 4.71. The van der Waals surface area contributed by atoms with Crippen molar-refractivity contribution in [3.63, 3.8) is 0 Å². The number of benzene rings is 1. The first kappa shape index (κ1) is 16.8. The van der Waals surface area contributed by atoms with Crippen LogP contribution in [-0.2, 0) is 11.2 Å². The molecule has 1 saturated heterocycles. The number of anilines is 1. The van der Waals surface area contributed by atoms with Crippen LogP contribution in [0.5, 0.6) is 0 Å². The molecule has 0 spiro atoms. The molecule has 2 N–H and O–H groups in total. The Balaban J connectivity index is 2.09. The smallest absolute Gasteiger partial charge is 0.0749 e. The summed E-state index contributed by atoms with van der Waals surface area (Å²) in [4.78, 5) is 2.32. The summed E-state index contributed by atoms with van der Waals surface area (Å²) in [5.41, 5.74) is 8.73. The molecule has 2 unspecified atom stereocenters. The van der Waals surface area contributed by atoms with Gasteiger partial charge in [0.15, 0.2) is 0 Å². The Morgan fingerprint density at radius 1 is 1.43 bits per heavy atom. The summed E-state index contributed by atoms with van der Waals surface area (Å²) < 4.78 is 6.98. The lowest BCUT2D eigenvalue weighted by Crippen LogP contribution is -2.34. The van der Waals surface area contributed by atoms with Crippen LogP contribution in [0.2, 0.25) is 0 Å². The van der Waals surface area contributed by atoms with Crippen LogP contribution < -0.4 is 10.6 Å². The largest absolute Gasteiger partial charge is 0.376 e. The first-order valence-corrected chi connectivity index (χ1v) is 8.76. The van der Waals surface area contributed by atoms with Gasteiger partial charge in [-0.2, -0.15) is 0 Å². The Kier molecular flexibility index (Phi) is 6.52. The van der Waals surface area contributed by atoms with Crippen molar-refractivity contribution < 1.29 is 4.74 Å². The number of ether oxygens (including phenoxy) is 1. The zero-order valence-corrected chi connectivity index (χ0v) is 14.7. The van der Waals surface area contributed by atoms with Crippen LogP contribution >= 0.6 is 15.9 Å². The van der Waals surface area contributed by atoms with Gasteiger partial charge in [-0.15, -0.1) is 0 Å². The zero-order valence-electron chi connectivity index (χ0n) is 13.1. The van der Waals surface area contributed by atoms with E-state index in [4.69, 9.17) is 10.5 Å². The molecule has 2 atom stereocenters. The van der Waals surface area contributed by atoms with Crippen molar-refractivity contribution in [1.29, 1.82) is 0 Å².